The van der Waals surface area contributed by atoms with Gasteiger partial charge in [-0.25, -0.2) is 0 Å². The van der Waals surface area contributed by atoms with Crippen molar-refractivity contribution in [1.82, 2.24) is 0 Å². The largest absolute Gasteiger partial charge is 0.484 e. The highest BCUT2D eigenvalue weighted by molar-refractivity contribution is 6.03. The van der Waals surface area contributed by atoms with Crippen LogP contribution in [0.15, 0.2) is 42.5 Å². The number of fused-ring (bicyclic) bond motifs is 1. The lowest BCUT2D eigenvalue weighted by Crippen LogP contribution is -2.22. The molecule has 0 aromatic heterocycles. The molecule has 0 aliphatic carbocycles. The third-order valence-electron chi connectivity index (χ3n) is 4.31. The van der Waals surface area contributed by atoms with Crippen LogP contribution in [0.4, 0.5) is 0 Å². The molecule has 0 fully saturated rings. The Morgan fingerprint density at radius 1 is 1.12 bits per heavy atom. The molecule has 25 heavy (non-hydrogen) atoms. The SMILES string of the molecule is CC(=O)Oc1cccc2c1C(=O)CC(c1ccc(C(C)(C)C)cc1)O2. The maximum atomic E-state index is 12.6. The zero-order valence-electron chi connectivity index (χ0n) is 15.0. The summed E-state index contributed by atoms with van der Waals surface area (Å²) in [5.41, 5.74) is 2.62. The molecule has 1 unspecified atom stereocenters. The van der Waals surface area contributed by atoms with E-state index >= 15 is 0 Å². The second-order valence-electron chi connectivity index (χ2n) is 7.33. The van der Waals surface area contributed by atoms with E-state index in [1.54, 1.807) is 18.2 Å². The molecule has 1 heterocycles. The highest BCUT2D eigenvalue weighted by Gasteiger charge is 2.31. The van der Waals surface area contributed by atoms with Crippen molar-refractivity contribution in [1.29, 1.82) is 0 Å². The van der Waals surface area contributed by atoms with Crippen molar-refractivity contribution in [3.05, 3.63) is 59.2 Å². The lowest BCUT2D eigenvalue weighted by Gasteiger charge is -2.27. The molecule has 0 amide bonds. The molecular formula is C21H22O4. The summed E-state index contributed by atoms with van der Waals surface area (Å²) in [6, 6.07) is 13.2. The van der Waals surface area contributed by atoms with Crippen molar-refractivity contribution in [2.45, 2.75) is 45.6 Å². The number of ketones is 1. The molecule has 3 rings (SSSR count). The highest BCUT2D eigenvalue weighted by Crippen LogP contribution is 2.39. The fourth-order valence-corrected chi connectivity index (χ4v) is 2.97. The first-order valence-corrected chi connectivity index (χ1v) is 8.37. The summed E-state index contributed by atoms with van der Waals surface area (Å²) < 4.78 is 11.2. The highest BCUT2D eigenvalue weighted by atomic mass is 16.5. The standard InChI is InChI=1S/C21H22O4/c1-13(22)24-17-6-5-7-18-20(17)16(23)12-19(25-18)14-8-10-15(11-9-14)21(2,3)4/h5-11,19H,12H2,1-4H3. The van der Waals surface area contributed by atoms with Crippen LogP contribution in [-0.2, 0) is 10.2 Å². The average Bonchev–Trinajstić information content (AvgIpc) is 2.53. The van der Waals surface area contributed by atoms with Gasteiger partial charge in [-0.3, -0.25) is 9.59 Å². The molecule has 2 aromatic rings. The van der Waals surface area contributed by atoms with E-state index in [1.165, 1.54) is 12.5 Å². The van der Waals surface area contributed by atoms with Crippen molar-refractivity contribution < 1.29 is 19.1 Å². The number of carbonyl (C=O) groups is 2. The number of rotatable bonds is 2. The fourth-order valence-electron chi connectivity index (χ4n) is 2.97. The molecule has 1 aliphatic rings. The first kappa shape index (κ1) is 17.2. The Bertz CT molecular complexity index is 813. The van der Waals surface area contributed by atoms with E-state index in [9.17, 15) is 9.59 Å². The van der Waals surface area contributed by atoms with Gasteiger partial charge in [0.2, 0.25) is 0 Å². The molecule has 4 heteroatoms. The first-order chi connectivity index (χ1) is 11.8. The van der Waals surface area contributed by atoms with Crippen LogP contribution >= 0.6 is 0 Å². The minimum absolute atomic E-state index is 0.0767. The van der Waals surface area contributed by atoms with E-state index < -0.39 is 5.97 Å². The molecule has 1 atom stereocenters. The van der Waals surface area contributed by atoms with Crippen LogP contribution in [0.25, 0.3) is 0 Å². The predicted molar refractivity (Wildman–Crippen MR) is 95.2 cm³/mol. The van der Waals surface area contributed by atoms with Gasteiger partial charge in [0.15, 0.2) is 5.78 Å². The van der Waals surface area contributed by atoms with Gasteiger partial charge in [-0.1, -0.05) is 51.1 Å². The molecule has 4 nitrogen and oxygen atoms in total. The van der Waals surface area contributed by atoms with Crippen LogP contribution in [0.1, 0.15) is 61.7 Å². The third kappa shape index (κ3) is 3.58. The van der Waals surface area contributed by atoms with Gasteiger partial charge in [-0.05, 0) is 28.7 Å². The average molecular weight is 338 g/mol. The maximum Gasteiger partial charge on any atom is 0.308 e. The van der Waals surface area contributed by atoms with E-state index in [0.717, 1.165) is 5.56 Å². The number of ether oxygens (including phenoxy) is 2. The molecule has 0 bridgehead atoms. The summed E-state index contributed by atoms with van der Waals surface area (Å²) in [6.07, 6.45) is -0.109. The summed E-state index contributed by atoms with van der Waals surface area (Å²) in [5.74, 6) is 0.181. The Balaban J connectivity index is 1.89. The molecule has 0 saturated carbocycles. The Morgan fingerprint density at radius 2 is 1.80 bits per heavy atom. The Hall–Kier alpha value is -2.62. The van der Waals surface area contributed by atoms with Gasteiger partial charge in [0.25, 0.3) is 0 Å². The Morgan fingerprint density at radius 3 is 2.40 bits per heavy atom. The van der Waals surface area contributed by atoms with Crippen molar-refractivity contribution in [2.75, 3.05) is 0 Å². The molecule has 130 valence electrons. The number of Topliss-reactive ketones (excluding diaryl/α,β-unsaturated/α-hetero) is 1. The van der Waals surface area contributed by atoms with E-state index in [1.807, 2.05) is 12.1 Å². The second-order valence-corrected chi connectivity index (χ2v) is 7.33. The van der Waals surface area contributed by atoms with Gasteiger partial charge >= 0.3 is 5.97 Å². The topological polar surface area (TPSA) is 52.6 Å². The summed E-state index contributed by atoms with van der Waals surface area (Å²) in [5, 5.41) is 0. The van der Waals surface area contributed by atoms with Crippen LogP contribution in [0.2, 0.25) is 0 Å². The van der Waals surface area contributed by atoms with Crippen LogP contribution in [0.5, 0.6) is 11.5 Å². The summed E-state index contributed by atoms with van der Waals surface area (Å²) in [4.78, 5) is 23.9. The van der Waals surface area contributed by atoms with Gasteiger partial charge < -0.3 is 9.47 Å². The molecule has 0 N–H and O–H groups in total. The van der Waals surface area contributed by atoms with E-state index in [0.29, 0.717) is 11.3 Å². The summed E-state index contributed by atoms with van der Waals surface area (Å²) in [7, 11) is 0. The van der Waals surface area contributed by atoms with Crippen LogP contribution in [0.3, 0.4) is 0 Å². The summed E-state index contributed by atoms with van der Waals surface area (Å²) in [6.45, 7) is 7.80. The maximum absolute atomic E-state index is 12.6. The monoisotopic (exact) mass is 338 g/mol. The van der Waals surface area contributed by atoms with E-state index in [-0.39, 0.29) is 29.5 Å². The van der Waals surface area contributed by atoms with Crippen molar-refractivity contribution in [3.63, 3.8) is 0 Å². The van der Waals surface area contributed by atoms with Crippen molar-refractivity contribution >= 4 is 11.8 Å². The van der Waals surface area contributed by atoms with Crippen molar-refractivity contribution in [3.8, 4) is 11.5 Å². The number of carbonyl (C=O) groups excluding carboxylic acids is 2. The third-order valence-corrected chi connectivity index (χ3v) is 4.31. The molecule has 0 spiro atoms. The fraction of sp³-hybridized carbons (Fsp3) is 0.333. The molecular weight excluding hydrogens is 316 g/mol. The molecule has 0 radical (unpaired) electrons. The lowest BCUT2D eigenvalue weighted by molar-refractivity contribution is -0.131. The number of benzene rings is 2. The zero-order valence-corrected chi connectivity index (χ0v) is 15.0. The Labute approximate surface area is 147 Å². The first-order valence-electron chi connectivity index (χ1n) is 8.37. The smallest absolute Gasteiger partial charge is 0.308 e. The number of hydrogen-bond acceptors (Lipinski definition) is 4. The number of esters is 1. The molecule has 1 aliphatic heterocycles. The molecule has 0 saturated heterocycles. The quantitative estimate of drug-likeness (QED) is 0.592. The van der Waals surface area contributed by atoms with Crippen LogP contribution in [0, 0.1) is 0 Å². The van der Waals surface area contributed by atoms with Gasteiger partial charge in [0, 0.05) is 6.92 Å². The zero-order chi connectivity index (χ0) is 18.2. The minimum Gasteiger partial charge on any atom is -0.484 e. The van der Waals surface area contributed by atoms with Gasteiger partial charge in [-0.15, -0.1) is 0 Å². The second kappa shape index (κ2) is 6.36. The van der Waals surface area contributed by atoms with E-state index in [4.69, 9.17) is 9.47 Å². The lowest BCUT2D eigenvalue weighted by atomic mass is 9.86. The minimum atomic E-state index is -0.457. The van der Waals surface area contributed by atoms with Crippen LogP contribution in [-0.4, -0.2) is 11.8 Å². The number of hydrogen-bond donors (Lipinski definition) is 0. The predicted octanol–water partition coefficient (Wildman–Crippen LogP) is 4.62. The van der Waals surface area contributed by atoms with Crippen molar-refractivity contribution in [2.24, 2.45) is 0 Å². The van der Waals surface area contributed by atoms with E-state index in [2.05, 4.69) is 32.9 Å². The van der Waals surface area contributed by atoms with Crippen LogP contribution < -0.4 is 9.47 Å². The summed E-state index contributed by atoms with van der Waals surface area (Å²) >= 11 is 0. The Kier molecular flexibility index (Phi) is 4.38. The molecule has 2 aromatic carbocycles. The van der Waals surface area contributed by atoms with Gasteiger partial charge in [0.1, 0.15) is 23.2 Å². The van der Waals surface area contributed by atoms with Gasteiger partial charge in [-0.2, -0.15) is 0 Å². The normalized spacial score (nSPS) is 16.8. The van der Waals surface area contributed by atoms with Gasteiger partial charge in [0.05, 0.1) is 6.42 Å².